The molecule has 2 aliphatic rings. The average molecular weight is 265 g/mol. The molecule has 19 heavy (non-hydrogen) atoms. The van der Waals surface area contributed by atoms with Crippen molar-refractivity contribution in [1.82, 2.24) is 5.32 Å². The smallest absolute Gasteiger partial charge is 0.220 e. The van der Waals surface area contributed by atoms with Gasteiger partial charge in [0.1, 0.15) is 0 Å². The van der Waals surface area contributed by atoms with E-state index >= 15 is 0 Å². The lowest BCUT2D eigenvalue weighted by molar-refractivity contribution is -0.122. The van der Waals surface area contributed by atoms with E-state index in [-0.39, 0.29) is 0 Å². The summed E-state index contributed by atoms with van der Waals surface area (Å²) < 4.78 is 0. The van der Waals surface area contributed by atoms with Crippen LogP contribution in [0.25, 0.3) is 0 Å². The van der Waals surface area contributed by atoms with Crippen molar-refractivity contribution in [3.05, 3.63) is 0 Å². The lowest BCUT2D eigenvalue weighted by Crippen LogP contribution is -2.43. The first kappa shape index (κ1) is 14.9. The van der Waals surface area contributed by atoms with Crippen LogP contribution in [0.4, 0.5) is 0 Å². The van der Waals surface area contributed by atoms with Gasteiger partial charge in [-0.15, -0.1) is 0 Å². The standard InChI is InChI=1S/C17H31NO/c1-13-7-6-10-16(14(13)2)18-17(19)12-11-15-8-4-3-5-9-15/h13-16H,3-12H2,1-2H3,(H,18,19)/t13-,14+,16-/m0/s1. The maximum absolute atomic E-state index is 12.1. The molecule has 2 heteroatoms. The van der Waals surface area contributed by atoms with Crippen LogP contribution in [-0.4, -0.2) is 11.9 Å². The zero-order valence-electron chi connectivity index (χ0n) is 12.8. The van der Waals surface area contributed by atoms with Crippen molar-refractivity contribution in [2.24, 2.45) is 17.8 Å². The van der Waals surface area contributed by atoms with E-state index in [1.165, 1.54) is 51.4 Å². The van der Waals surface area contributed by atoms with Crippen LogP contribution in [0.1, 0.15) is 78.1 Å². The van der Waals surface area contributed by atoms with Crippen LogP contribution < -0.4 is 5.32 Å². The number of hydrogen-bond donors (Lipinski definition) is 1. The van der Waals surface area contributed by atoms with Gasteiger partial charge in [0.2, 0.25) is 5.91 Å². The van der Waals surface area contributed by atoms with Gasteiger partial charge in [0.05, 0.1) is 0 Å². The molecule has 2 aliphatic carbocycles. The molecule has 2 rings (SSSR count). The summed E-state index contributed by atoms with van der Waals surface area (Å²) in [6.07, 6.45) is 12.5. The Morgan fingerprint density at radius 2 is 1.74 bits per heavy atom. The molecular weight excluding hydrogens is 234 g/mol. The van der Waals surface area contributed by atoms with Gasteiger partial charge in [0.15, 0.2) is 0 Å². The van der Waals surface area contributed by atoms with Gasteiger partial charge in [-0.2, -0.15) is 0 Å². The first-order valence-corrected chi connectivity index (χ1v) is 8.46. The minimum atomic E-state index is 0.302. The molecular formula is C17H31NO. The Kier molecular flexibility index (Phi) is 5.72. The summed E-state index contributed by atoms with van der Waals surface area (Å²) in [5.74, 6) is 2.53. The molecule has 0 aromatic carbocycles. The number of nitrogens with one attached hydrogen (secondary N) is 1. The Labute approximate surface area is 118 Å². The highest BCUT2D eigenvalue weighted by molar-refractivity contribution is 5.76. The molecule has 1 amide bonds. The third kappa shape index (κ3) is 4.50. The summed E-state index contributed by atoms with van der Waals surface area (Å²) in [6.45, 7) is 4.63. The number of hydrogen-bond acceptors (Lipinski definition) is 1. The van der Waals surface area contributed by atoms with Gasteiger partial charge < -0.3 is 5.32 Å². The highest BCUT2D eigenvalue weighted by atomic mass is 16.1. The minimum absolute atomic E-state index is 0.302. The van der Waals surface area contributed by atoms with Gasteiger partial charge in [-0.1, -0.05) is 58.8 Å². The van der Waals surface area contributed by atoms with Crippen molar-refractivity contribution in [2.75, 3.05) is 0 Å². The first-order valence-electron chi connectivity index (χ1n) is 8.46. The van der Waals surface area contributed by atoms with Crippen LogP contribution in [0, 0.1) is 17.8 Å². The number of amides is 1. The van der Waals surface area contributed by atoms with E-state index in [1.807, 2.05) is 0 Å². The predicted molar refractivity (Wildman–Crippen MR) is 79.9 cm³/mol. The van der Waals surface area contributed by atoms with E-state index in [2.05, 4.69) is 19.2 Å². The average Bonchev–Trinajstić information content (AvgIpc) is 2.43. The fourth-order valence-corrected chi connectivity index (χ4v) is 3.88. The lowest BCUT2D eigenvalue weighted by Gasteiger charge is -2.34. The Bertz CT molecular complexity index is 283. The summed E-state index contributed by atoms with van der Waals surface area (Å²) in [6, 6.07) is 0.433. The largest absolute Gasteiger partial charge is 0.353 e. The van der Waals surface area contributed by atoms with E-state index in [0.29, 0.717) is 17.9 Å². The molecule has 2 fully saturated rings. The van der Waals surface area contributed by atoms with Crippen molar-refractivity contribution in [2.45, 2.75) is 84.1 Å². The van der Waals surface area contributed by atoms with E-state index in [9.17, 15) is 4.79 Å². The second-order valence-electron chi connectivity index (χ2n) is 6.98. The van der Waals surface area contributed by atoms with Gasteiger partial charge in [-0.05, 0) is 30.6 Å². The summed E-state index contributed by atoms with van der Waals surface area (Å²) in [5.41, 5.74) is 0. The third-order valence-corrected chi connectivity index (χ3v) is 5.56. The molecule has 0 aromatic heterocycles. The third-order valence-electron chi connectivity index (χ3n) is 5.56. The van der Waals surface area contributed by atoms with Crippen molar-refractivity contribution < 1.29 is 4.79 Å². The molecule has 1 N–H and O–H groups in total. The quantitative estimate of drug-likeness (QED) is 0.807. The van der Waals surface area contributed by atoms with Crippen LogP contribution in [-0.2, 0) is 4.79 Å². The number of carbonyl (C=O) groups is 1. The van der Waals surface area contributed by atoms with Gasteiger partial charge >= 0.3 is 0 Å². The summed E-state index contributed by atoms with van der Waals surface area (Å²) in [7, 11) is 0. The highest BCUT2D eigenvalue weighted by Crippen LogP contribution is 2.30. The molecule has 0 heterocycles. The van der Waals surface area contributed by atoms with Crippen LogP contribution in [0.2, 0.25) is 0 Å². The molecule has 0 aromatic rings. The van der Waals surface area contributed by atoms with Crippen LogP contribution in [0.5, 0.6) is 0 Å². The second-order valence-corrected chi connectivity index (χ2v) is 6.98. The molecule has 0 unspecified atom stereocenters. The molecule has 2 saturated carbocycles. The minimum Gasteiger partial charge on any atom is -0.353 e. The first-order chi connectivity index (χ1) is 9.16. The van der Waals surface area contributed by atoms with E-state index < -0.39 is 0 Å². The van der Waals surface area contributed by atoms with Gasteiger partial charge in [-0.25, -0.2) is 0 Å². The van der Waals surface area contributed by atoms with E-state index in [1.54, 1.807) is 0 Å². The predicted octanol–water partition coefficient (Wildman–Crippen LogP) is 4.29. The molecule has 0 radical (unpaired) electrons. The van der Waals surface area contributed by atoms with Crippen LogP contribution >= 0.6 is 0 Å². The fourth-order valence-electron chi connectivity index (χ4n) is 3.88. The SMILES string of the molecule is C[C@H]1[C@@H](NC(=O)CCC2CCCCC2)CCC[C@@H]1C. The molecule has 2 nitrogen and oxygen atoms in total. The van der Waals surface area contributed by atoms with E-state index in [0.717, 1.165) is 24.7 Å². The summed E-state index contributed by atoms with van der Waals surface area (Å²) >= 11 is 0. The van der Waals surface area contributed by atoms with Crippen molar-refractivity contribution in [3.63, 3.8) is 0 Å². The van der Waals surface area contributed by atoms with Gasteiger partial charge in [-0.3, -0.25) is 4.79 Å². The van der Waals surface area contributed by atoms with Crippen molar-refractivity contribution in [3.8, 4) is 0 Å². The monoisotopic (exact) mass is 265 g/mol. The Morgan fingerprint density at radius 1 is 1.00 bits per heavy atom. The summed E-state index contributed by atoms with van der Waals surface area (Å²) in [4.78, 5) is 12.1. The molecule has 0 saturated heterocycles. The van der Waals surface area contributed by atoms with Gasteiger partial charge in [0, 0.05) is 12.5 Å². The number of carbonyl (C=O) groups excluding carboxylic acids is 1. The maximum atomic E-state index is 12.1. The fraction of sp³-hybridized carbons (Fsp3) is 0.941. The zero-order valence-corrected chi connectivity index (χ0v) is 12.8. The maximum Gasteiger partial charge on any atom is 0.220 e. The molecule has 0 spiro atoms. The number of rotatable bonds is 4. The summed E-state index contributed by atoms with van der Waals surface area (Å²) in [5, 5.41) is 3.30. The Morgan fingerprint density at radius 3 is 2.47 bits per heavy atom. The van der Waals surface area contributed by atoms with Crippen LogP contribution in [0.15, 0.2) is 0 Å². The Balaban J connectivity index is 1.68. The molecule has 0 bridgehead atoms. The Hall–Kier alpha value is -0.530. The zero-order chi connectivity index (χ0) is 13.7. The van der Waals surface area contributed by atoms with E-state index in [4.69, 9.17) is 0 Å². The molecule has 0 aliphatic heterocycles. The highest BCUT2D eigenvalue weighted by Gasteiger charge is 2.28. The van der Waals surface area contributed by atoms with Crippen molar-refractivity contribution in [1.29, 1.82) is 0 Å². The molecule has 3 atom stereocenters. The second kappa shape index (κ2) is 7.31. The van der Waals surface area contributed by atoms with Crippen molar-refractivity contribution >= 4 is 5.91 Å². The molecule has 110 valence electrons. The topological polar surface area (TPSA) is 29.1 Å². The van der Waals surface area contributed by atoms with Gasteiger partial charge in [0.25, 0.3) is 0 Å². The van der Waals surface area contributed by atoms with Crippen LogP contribution in [0.3, 0.4) is 0 Å². The lowest BCUT2D eigenvalue weighted by atomic mass is 9.78. The normalized spacial score (nSPS) is 33.1.